The summed E-state index contributed by atoms with van der Waals surface area (Å²) in [6.45, 7) is 6.60. The van der Waals surface area contributed by atoms with Gasteiger partial charge in [0.2, 0.25) is 0 Å². The van der Waals surface area contributed by atoms with Crippen LogP contribution in [0.5, 0.6) is 0 Å². The van der Waals surface area contributed by atoms with Crippen LogP contribution in [0.25, 0.3) is 5.69 Å². The van der Waals surface area contributed by atoms with Gasteiger partial charge in [-0.3, -0.25) is 0 Å². The predicted octanol–water partition coefficient (Wildman–Crippen LogP) is 3.02. The zero-order valence-corrected chi connectivity index (χ0v) is 11.6. The van der Waals surface area contributed by atoms with E-state index in [2.05, 4.69) is 18.8 Å². The smallest absolute Gasteiger partial charge is 0.128 e. The van der Waals surface area contributed by atoms with Crippen molar-refractivity contribution in [2.45, 2.75) is 26.7 Å². The Morgan fingerprint density at radius 3 is 2.74 bits per heavy atom. The molecule has 0 aliphatic carbocycles. The Morgan fingerprint density at radius 2 is 2.11 bits per heavy atom. The van der Waals surface area contributed by atoms with Gasteiger partial charge in [0, 0.05) is 29.9 Å². The first kappa shape index (κ1) is 13.7. The molecule has 1 aromatic heterocycles. The average Bonchev–Trinajstić information content (AvgIpc) is 2.82. The number of hydrogen-bond donors (Lipinski definition) is 1. The summed E-state index contributed by atoms with van der Waals surface area (Å²) in [7, 11) is 0. The molecule has 2 aromatic rings. The van der Waals surface area contributed by atoms with E-state index in [4.69, 9.17) is 5.73 Å². The molecule has 2 N–H and O–H groups in total. The summed E-state index contributed by atoms with van der Waals surface area (Å²) in [6, 6.07) is 5.09. The Hall–Kier alpha value is -1.68. The van der Waals surface area contributed by atoms with E-state index in [-0.39, 0.29) is 11.7 Å². The van der Waals surface area contributed by atoms with Gasteiger partial charge >= 0.3 is 0 Å². The molecular weight excluding hydrogens is 241 g/mol. The number of halogens is 1. The van der Waals surface area contributed by atoms with Crippen LogP contribution < -0.4 is 5.73 Å². The Labute approximate surface area is 113 Å². The first-order valence-electron chi connectivity index (χ1n) is 6.54. The fourth-order valence-electron chi connectivity index (χ4n) is 2.37. The summed E-state index contributed by atoms with van der Waals surface area (Å²) >= 11 is 0. The van der Waals surface area contributed by atoms with E-state index in [9.17, 15) is 4.39 Å². The van der Waals surface area contributed by atoms with Crippen molar-refractivity contribution in [3.63, 3.8) is 0 Å². The van der Waals surface area contributed by atoms with Gasteiger partial charge in [0.05, 0.1) is 12.0 Å². The molecule has 0 aliphatic heterocycles. The van der Waals surface area contributed by atoms with E-state index >= 15 is 0 Å². The molecule has 3 nitrogen and oxygen atoms in total. The van der Waals surface area contributed by atoms with Crippen LogP contribution in [0, 0.1) is 18.7 Å². The lowest BCUT2D eigenvalue weighted by atomic mass is 9.92. The normalized spacial score (nSPS) is 12.9. The minimum atomic E-state index is -0.203. The fourth-order valence-corrected chi connectivity index (χ4v) is 2.37. The van der Waals surface area contributed by atoms with Crippen molar-refractivity contribution in [2.24, 2.45) is 11.7 Å². The molecule has 4 heteroatoms. The number of nitrogens with two attached hydrogens (primary N) is 1. The Morgan fingerprint density at radius 1 is 1.37 bits per heavy atom. The highest BCUT2D eigenvalue weighted by Gasteiger charge is 2.19. The van der Waals surface area contributed by atoms with E-state index in [1.54, 1.807) is 19.3 Å². The van der Waals surface area contributed by atoms with Crippen LogP contribution in [-0.4, -0.2) is 16.1 Å². The van der Waals surface area contributed by atoms with Gasteiger partial charge in [-0.05, 0) is 25.0 Å². The topological polar surface area (TPSA) is 43.8 Å². The third-order valence-corrected chi connectivity index (χ3v) is 3.60. The number of hydrogen-bond acceptors (Lipinski definition) is 2. The first-order chi connectivity index (χ1) is 9.06. The molecule has 0 aliphatic rings. The van der Waals surface area contributed by atoms with Crippen molar-refractivity contribution in [3.8, 4) is 5.69 Å². The van der Waals surface area contributed by atoms with Crippen LogP contribution in [0.1, 0.15) is 31.0 Å². The van der Waals surface area contributed by atoms with Crippen molar-refractivity contribution in [3.05, 3.63) is 47.8 Å². The number of nitrogens with zero attached hydrogens (tertiary/aromatic N) is 2. The van der Waals surface area contributed by atoms with E-state index < -0.39 is 0 Å². The molecule has 1 atom stereocenters. The molecule has 1 unspecified atom stereocenters. The van der Waals surface area contributed by atoms with Crippen molar-refractivity contribution < 1.29 is 4.39 Å². The molecule has 1 heterocycles. The summed E-state index contributed by atoms with van der Waals surface area (Å²) in [4.78, 5) is 4.21. The summed E-state index contributed by atoms with van der Waals surface area (Å²) < 4.78 is 15.6. The average molecular weight is 261 g/mol. The van der Waals surface area contributed by atoms with Gasteiger partial charge in [-0.1, -0.05) is 19.9 Å². The van der Waals surface area contributed by atoms with Crippen LogP contribution in [0.15, 0.2) is 30.7 Å². The molecular formula is C15H20FN3. The van der Waals surface area contributed by atoms with Crippen molar-refractivity contribution in [1.82, 2.24) is 9.55 Å². The van der Waals surface area contributed by atoms with E-state index in [0.717, 1.165) is 11.4 Å². The van der Waals surface area contributed by atoms with Gasteiger partial charge in [0.25, 0.3) is 0 Å². The van der Waals surface area contributed by atoms with Gasteiger partial charge in [-0.15, -0.1) is 0 Å². The molecule has 0 saturated heterocycles. The highest BCUT2D eigenvalue weighted by atomic mass is 19.1. The second kappa shape index (κ2) is 5.53. The third-order valence-electron chi connectivity index (χ3n) is 3.60. The Bertz CT molecular complexity index is 560. The monoisotopic (exact) mass is 261 g/mol. The van der Waals surface area contributed by atoms with Crippen LogP contribution >= 0.6 is 0 Å². The van der Waals surface area contributed by atoms with Gasteiger partial charge < -0.3 is 10.3 Å². The number of rotatable bonds is 4. The number of aromatic nitrogens is 2. The molecule has 0 amide bonds. The number of imidazole rings is 1. The summed E-state index contributed by atoms with van der Waals surface area (Å²) in [6.07, 6.45) is 3.55. The summed E-state index contributed by atoms with van der Waals surface area (Å²) in [5.41, 5.74) is 8.35. The molecule has 1 aromatic carbocycles. The molecule has 0 fully saturated rings. The molecule has 0 saturated carbocycles. The zero-order chi connectivity index (χ0) is 14.0. The van der Waals surface area contributed by atoms with Crippen LogP contribution in [0.3, 0.4) is 0 Å². The Balaban J connectivity index is 2.53. The maximum atomic E-state index is 13.7. The maximum Gasteiger partial charge on any atom is 0.128 e. The van der Waals surface area contributed by atoms with Crippen LogP contribution in [0.2, 0.25) is 0 Å². The van der Waals surface area contributed by atoms with Crippen molar-refractivity contribution in [2.75, 3.05) is 6.54 Å². The molecule has 0 bridgehead atoms. The first-order valence-corrected chi connectivity index (χ1v) is 6.54. The zero-order valence-electron chi connectivity index (χ0n) is 11.6. The summed E-state index contributed by atoms with van der Waals surface area (Å²) in [5, 5.41) is 0. The van der Waals surface area contributed by atoms with Crippen LogP contribution in [-0.2, 0) is 0 Å². The highest BCUT2D eigenvalue weighted by molar-refractivity contribution is 5.42. The largest absolute Gasteiger partial charge is 0.330 e. The fraction of sp³-hybridized carbons (Fsp3) is 0.400. The SMILES string of the molecule is Cc1c(F)cccc1-n1cncc1C(CN)C(C)C. The lowest BCUT2D eigenvalue weighted by Gasteiger charge is -2.21. The molecule has 2 rings (SSSR count). The van der Waals surface area contributed by atoms with Gasteiger partial charge in [-0.25, -0.2) is 9.37 Å². The molecule has 19 heavy (non-hydrogen) atoms. The highest BCUT2D eigenvalue weighted by Crippen LogP contribution is 2.27. The third kappa shape index (κ3) is 2.54. The molecule has 0 radical (unpaired) electrons. The minimum Gasteiger partial charge on any atom is -0.330 e. The lowest BCUT2D eigenvalue weighted by Crippen LogP contribution is -2.20. The van der Waals surface area contributed by atoms with Gasteiger partial charge in [0.1, 0.15) is 5.82 Å². The standard InChI is InChI=1S/C15H20FN3/c1-10(2)12(7-17)15-8-18-9-19(15)14-6-4-5-13(16)11(14)3/h4-6,8-10,12H,7,17H2,1-3H3. The predicted molar refractivity (Wildman–Crippen MR) is 74.9 cm³/mol. The van der Waals surface area contributed by atoms with Gasteiger partial charge in [0.15, 0.2) is 0 Å². The van der Waals surface area contributed by atoms with Crippen LogP contribution in [0.4, 0.5) is 4.39 Å². The van der Waals surface area contributed by atoms with E-state index in [0.29, 0.717) is 18.0 Å². The van der Waals surface area contributed by atoms with E-state index in [1.807, 2.05) is 16.8 Å². The summed E-state index contributed by atoms with van der Waals surface area (Å²) in [5.74, 6) is 0.422. The Kier molecular flexibility index (Phi) is 4.00. The second-order valence-electron chi connectivity index (χ2n) is 5.16. The lowest BCUT2D eigenvalue weighted by molar-refractivity contribution is 0.489. The maximum absolute atomic E-state index is 13.7. The number of benzene rings is 1. The van der Waals surface area contributed by atoms with Crippen molar-refractivity contribution >= 4 is 0 Å². The molecule has 102 valence electrons. The molecule has 0 spiro atoms. The quantitative estimate of drug-likeness (QED) is 0.919. The minimum absolute atomic E-state index is 0.203. The second-order valence-corrected chi connectivity index (χ2v) is 5.16. The van der Waals surface area contributed by atoms with Gasteiger partial charge in [-0.2, -0.15) is 0 Å². The van der Waals surface area contributed by atoms with Crippen molar-refractivity contribution in [1.29, 1.82) is 0 Å². The van der Waals surface area contributed by atoms with E-state index in [1.165, 1.54) is 6.07 Å².